The minimum Gasteiger partial charge on any atom is -0.439 e. The van der Waals surface area contributed by atoms with Crippen LogP contribution in [0.25, 0.3) is 132 Å². The summed E-state index contributed by atoms with van der Waals surface area (Å²) in [6.07, 6.45) is 0. The molecule has 0 radical (unpaired) electrons. The van der Waals surface area contributed by atoms with Gasteiger partial charge in [0, 0.05) is 65.8 Å². The van der Waals surface area contributed by atoms with Crippen LogP contribution in [0.15, 0.2) is 235 Å². The minimum absolute atomic E-state index is 0.865. The standard InChI is InChI=1S/C62H38N4O/c1-2-14-41(15-3-1)66-57-25-13-8-20-49(57)61-52-36-40(28-35-60(52)67-62(61)66)39-26-29-42(30-27-39)63-58-33-31-43(64-53-21-9-4-16-45(53)46-17-5-10-22-54(46)64)37-50(58)51-38-44(32-34-59(51)63)65-55-23-11-6-18-47(55)48-19-7-12-24-56(48)65/h1-38H. The molecule has 0 saturated heterocycles. The van der Waals surface area contributed by atoms with Gasteiger partial charge in [-0.2, -0.15) is 0 Å². The molecule has 0 fully saturated rings. The van der Waals surface area contributed by atoms with Crippen molar-refractivity contribution in [3.63, 3.8) is 0 Å². The van der Waals surface area contributed by atoms with E-state index in [-0.39, 0.29) is 0 Å². The third-order valence-electron chi connectivity index (χ3n) is 14.2. The third-order valence-corrected chi connectivity index (χ3v) is 14.2. The average Bonchev–Trinajstić information content (AvgIpc) is 4.18. The Hall–Kier alpha value is -9.06. The Labute approximate surface area is 383 Å². The van der Waals surface area contributed by atoms with Crippen LogP contribution in [0.4, 0.5) is 0 Å². The lowest BCUT2D eigenvalue weighted by Gasteiger charge is -2.11. The highest BCUT2D eigenvalue weighted by Crippen LogP contribution is 2.42. The first-order valence-corrected chi connectivity index (χ1v) is 22.9. The van der Waals surface area contributed by atoms with Gasteiger partial charge in [0.15, 0.2) is 0 Å². The number of hydrogen-bond acceptors (Lipinski definition) is 1. The molecule has 5 heterocycles. The second-order valence-corrected chi connectivity index (χ2v) is 17.7. The summed E-state index contributed by atoms with van der Waals surface area (Å²) >= 11 is 0. The van der Waals surface area contributed by atoms with Crippen molar-refractivity contribution in [2.45, 2.75) is 0 Å². The van der Waals surface area contributed by atoms with Crippen LogP contribution in [0.2, 0.25) is 0 Å². The smallest absolute Gasteiger partial charge is 0.213 e. The van der Waals surface area contributed by atoms with Crippen molar-refractivity contribution in [1.82, 2.24) is 18.3 Å². The Balaban J connectivity index is 0.917. The van der Waals surface area contributed by atoms with Crippen LogP contribution in [0.5, 0.6) is 0 Å². The summed E-state index contributed by atoms with van der Waals surface area (Å²) in [6, 6.07) is 83.7. The van der Waals surface area contributed by atoms with Crippen LogP contribution in [0, 0.1) is 0 Å². The maximum absolute atomic E-state index is 6.67. The Bertz CT molecular complexity index is 4220. The number of hydrogen-bond donors (Lipinski definition) is 0. The van der Waals surface area contributed by atoms with Gasteiger partial charge in [-0.1, -0.05) is 127 Å². The molecule has 5 aromatic heterocycles. The first-order valence-electron chi connectivity index (χ1n) is 22.9. The number of fused-ring (bicyclic) bond motifs is 14. The summed E-state index contributed by atoms with van der Waals surface area (Å²) in [6.45, 7) is 0. The van der Waals surface area contributed by atoms with Crippen molar-refractivity contribution in [3.05, 3.63) is 231 Å². The molecule has 312 valence electrons. The van der Waals surface area contributed by atoms with Crippen LogP contribution >= 0.6 is 0 Å². The first kappa shape index (κ1) is 36.3. The van der Waals surface area contributed by atoms with Crippen molar-refractivity contribution >= 4 is 98.4 Å². The number of nitrogens with zero attached hydrogens (tertiary/aromatic N) is 4. The van der Waals surface area contributed by atoms with Gasteiger partial charge in [-0.3, -0.25) is 4.57 Å². The zero-order valence-electron chi connectivity index (χ0n) is 36.1. The van der Waals surface area contributed by atoms with Gasteiger partial charge in [0.2, 0.25) is 5.71 Å². The van der Waals surface area contributed by atoms with Crippen LogP contribution in [-0.2, 0) is 0 Å². The van der Waals surface area contributed by atoms with E-state index in [1.807, 2.05) is 0 Å². The maximum atomic E-state index is 6.67. The second-order valence-electron chi connectivity index (χ2n) is 17.7. The van der Waals surface area contributed by atoms with Gasteiger partial charge >= 0.3 is 0 Å². The van der Waals surface area contributed by atoms with Gasteiger partial charge in [0.05, 0.1) is 44.0 Å². The molecular formula is C62H38N4O. The molecule has 0 aliphatic carbocycles. The molecule has 0 saturated carbocycles. The van der Waals surface area contributed by atoms with Crippen molar-refractivity contribution in [2.75, 3.05) is 0 Å². The summed E-state index contributed by atoms with van der Waals surface area (Å²) in [7, 11) is 0. The first-order chi connectivity index (χ1) is 33.2. The van der Waals surface area contributed by atoms with E-state index < -0.39 is 0 Å². The zero-order chi connectivity index (χ0) is 43.7. The highest BCUT2D eigenvalue weighted by Gasteiger charge is 2.21. The minimum atomic E-state index is 0.865. The zero-order valence-corrected chi connectivity index (χ0v) is 36.1. The Kier molecular flexibility index (Phi) is 7.44. The van der Waals surface area contributed by atoms with Gasteiger partial charge in [0.1, 0.15) is 5.58 Å². The largest absolute Gasteiger partial charge is 0.439 e. The fourth-order valence-corrected chi connectivity index (χ4v) is 11.3. The normalized spacial score (nSPS) is 12.2. The number of para-hydroxylation sites is 6. The SMILES string of the molecule is c1ccc(-n2c3ccccc3c3c4cc(-c5ccc(-n6c7ccc(-n8c9ccccc9c9ccccc98)cc7c7cc(-n8c9ccccc9c9ccccc98)ccc76)cc5)ccc4oc32)cc1. The monoisotopic (exact) mass is 854 g/mol. The van der Waals surface area contributed by atoms with Crippen molar-refractivity contribution in [3.8, 4) is 33.9 Å². The average molecular weight is 855 g/mol. The van der Waals surface area contributed by atoms with E-state index in [1.165, 1.54) is 59.8 Å². The molecule has 5 heteroatoms. The highest BCUT2D eigenvalue weighted by molar-refractivity contribution is 6.21. The van der Waals surface area contributed by atoms with E-state index in [2.05, 4.69) is 249 Å². The molecule has 0 atom stereocenters. The second kappa shape index (κ2) is 13.7. The van der Waals surface area contributed by atoms with Crippen LogP contribution in [0.1, 0.15) is 0 Å². The number of aromatic nitrogens is 4. The summed E-state index contributed by atoms with van der Waals surface area (Å²) in [5.41, 5.74) is 16.7. The maximum Gasteiger partial charge on any atom is 0.213 e. The van der Waals surface area contributed by atoms with Gasteiger partial charge in [-0.05, 0) is 114 Å². The molecule has 0 amide bonds. The molecule has 0 N–H and O–H groups in total. The van der Waals surface area contributed by atoms with Crippen molar-refractivity contribution in [1.29, 1.82) is 0 Å². The van der Waals surface area contributed by atoms with Gasteiger partial charge in [0.25, 0.3) is 0 Å². The van der Waals surface area contributed by atoms with Crippen LogP contribution in [0.3, 0.4) is 0 Å². The number of benzene rings is 10. The highest BCUT2D eigenvalue weighted by atomic mass is 16.3. The van der Waals surface area contributed by atoms with Crippen molar-refractivity contribution in [2.24, 2.45) is 0 Å². The molecule has 5 nitrogen and oxygen atoms in total. The number of rotatable bonds is 5. The topological polar surface area (TPSA) is 32.9 Å². The molecule has 0 bridgehead atoms. The van der Waals surface area contributed by atoms with Gasteiger partial charge in [-0.15, -0.1) is 0 Å². The van der Waals surface area contributed by atoms with E-state index >= 15 is 0 Å². The van der Waals surface area contributed by atoms with Crippen LogP contribution < -0.4 is 0 Å². The third kappa shape index (κ3) is 5.14. The summed E-state index contributed by atoms with van der Waals surface area (Å²) in [5, 5.41) is 10.8. The molecule has 15 rings (SSSR count). The molecule has 67 heavy (non-hydrogen) atoms. The lowest BCUT2D eigenvalue weighted by atomic mass is 10.0. The summed E-state index contributed by atoms with van der Waals surface area (Å²) in [4.78, 5) is 0. The van der Waals surface area contributed by atoms with E-state index in [0.29, 0.717) is 0 Å². The molecule has 15 aromatic rings. The lowest BCUT2D eigenvalue weighted by molar-refractivity contribution is 0.645. The van der Waals surface area contributed by atoms with Crippen molar-refractivity contribution < 1.29 is 4.42 Å². The van der Waals surface area contributed by atoms with E-state index in [0.717, 1.165) is 72.5 Å². The predicted octanol–water partition coefficient (Wildman–Crippen LogP) is 16.5. The molecule has 0 aliphatic heterocycles. The fourth-order valence-electron chi connectivity index (χ4n) is 11.3. The summed E-state index contributed by atoms with van der Waals surface area (Å²) in [5.74, 6) is 0. The molecule has 0 aliphatic rings. The lowest BCUT2D eigenvalue weighted by Crippen LogP contribution is -1.96. The Morgan fingerprint density at radius 1 is 0.239 bits per heavy atom. The van der Waals surface area contributed by atoms with Gasteiger partial charge < -0.3 is 18.1 Å². The Morgan fingerprint density at radius 3 is 1.15 bits per heavy atom. The molecular weight excluding hydrogens is 817 g/mol. The number of furan rings is 1. The van der Waals surface area contributed by atoms with E-state index in [1.54, 1.807) is 0 Å². The van der Waals surface area contributed by atoms with Gasteiger partial charge in [-0.25, -0.2) is 0 Å². The molecule has 0 spiro atoms. The van der Waals surface area contributed by atoms with E-state index in [4.69, 9.17) is 4.42 Å². The molecule has 0 unspecified atom stereocenters. The molecule has 10 aromatic carbocycles. The van der Waals surface area contributed by atoms with Crippen LogP contribution in [-0.4, -0.2) is 18.3 Å². The van der Waals surface area contributed by atoms with E-state index in [9.17, 15) is 0 Å². The summed E-state index contributed by atoms with van der Waals surface area (Å²) < 4.78 is 16.2. The Morgan fingerprint density at radius 2 is 0.627 bits per heavy atom. The predicted molar refractivity (Wildman–Crippen MR) is 279 cm³/mol. The quantitative estimate of drug-likeness (QED) is 0.170. The fraction of sp³-hybridized carbons (Fsp3) is 0.